The molecule has 7 heteroatoms. The third-order valence-electron chi connectivity index (χ3n) is 3.16. The van der Waals surface area contributed by atoms with E-state index in [2.05, 4.69) is 20.8 Å². The van der Waals surface area contributed by atoms with Crippen LogP contribution >= 0.6 is 7.92 Å². The molecule has 132 valence electrons. The van der Waals surface area contributed by atoms with Crippen LogP contribution in [0.4, 0.5) is 0 Å². The van der Waals surface area contributed by atoms with E-state index in [1.807, 2.05) is 0 Å². The molecule has 0 heterocycles. The second kappa shape index (κ2) is 17.4. The monoisotopic (exact) mass is 366 g/mol. The predicted molar refractivity (Wildman–Crippen MR) is 93.5 cm³/mol. The summed E-state index contributed by atoms with van der Waals surface area (Å²) in [6.07, 6.45) is 8.88. The summed E-state index contributed by atoms with van der Waals surface area (Å²) >= 11 is 0. The Kier molecular flexibility index (Phi) is 20.5. The van der Waals surface area contributed by atoms with Gasteiger partial charge in [0.25, 0.3) is 0 Å². The number of carbonyl (C=O) groups is 2. The van der Waals surface area contributed by atoms with Crippen LogP contribution in [0.2, 0.25) is 0 Å². The molecule has 0 radical (unpaired) electrons. The van der Waals surface area contributed by atoms with Gasteiger partial charge in [0, 0.05) is 7.92 Å². The molecule has 0 fully saturated rings. The van der Waals surface area contributed by atoms with E-state index in [0.29, 0.717) is 0 Å². The minimum atomic E-state index is -1.38. The van der Waals surface area contributed by atoms with Gasteiger partial charge < -0.3 is 20.5 Å². The fourth-order valence-corrected chi connectivity index (χ4v) is 5.09. The first-order valence-electron chi connectivity index (χ1n) is 7.84. The summed E-state index contributed by atoms with van der Waals surface area (Å²) in [5.74, 6) is -2.53. The summed E-state index contributed by atoms with van der Waals surface area (Å²) in [7, 11) is 0.103. The number of carbonyl (C=O) groups excluding carboxylic acids is 1. The molecule has 0 aliphatic heterocycles. The van der Waals surface area contributed by atoms with Crippen LogP contribution in [0.5, 0.6) is 0 Å². The molecule has 0 amide bonds. The van der Waals surface area contributed by atoms with Crippen molar-refractivity contribution in [1.29, 1.82) is 0 Å². The molecule has 1 aromatic rings. The van der Waals surface area contributed by atoms with E-state index in [1.54, 1.807) is 18.5 Å². The van der Waals surface area contributed by atoms with Gasteiger partial charge in [-0.2, -0.15) is 0 Å². The molecule has 0 aromatic heterocycles. The minimum Gasteiger partial charge on any atom is -0.870 e. The van der Waals surface area contributed by atoms with Crippen LogP contribution in [0.25, 0.3) is 0 Å². The quantitative estimate of drug-likeness (QED) is 0.515. The molecule has 5 nitrogen and oxygen atoms in total. The van der Waals surface area contributed by atoms with Crippen LogP contribution in [-0.2, 0) is 0 Å². The van der Waals surface area contributed by atoms with Crippen LogP contribution in [0.3, 0.4) is 0 Å². The van der Waals surface area contributed by atoms with Gasteiger partial charge in [0.1, 0.15) is 0 Å². The van der Waals surface area contributed by atoms with Crippen LogP contribution in [-0.4, -0.2) is 41.0 Å². The summed E-state index contributed by atoms with van der Waals surface area (Å²) in [6, 6.07) is 5.00. The first-order valence-corrected chi connectivity index (χ1v) is 9.96. The largest absolute Gasteiger partial charge is 1.00 e. The van der Waals surface area contributed by atoms with Gasteiger partial charge in [0.2, 0.25) is 0 Å². The number of rotatable bonds is 8. The third kappa shape index (κ3) is 12.9. The average Bonchev–Trinajstić information content (AvgIpc) is 2.49. The van der Waals surface area contributed by atoms with Crippen LogP contribution in [0.1, 0.15) is 60.7 Å². The molecule has 0 saturated heterocycles. The Morgan fingerprint density at radius 2 is 1.42 bits per heavy atom. The Morgan fingerprint density at radius 3 is 1.75 bits per heavy atom. The number of benzene rings is 1. The van der Waals surface area contributed by atoms with Crippen molar-refractivity contribution >= 4 is 19.9 Å². The molecule has 0 spiro atoms. The second-order valence-corrected chi connectivity index (χ2v) is 8.17. The van der Waals surface area contributed by atoms with E-state index in [-0.39, 0.29) is 54.1 Å². The van der Waals surface area contributed by atoms with Gasteiger partial charge in [-0.3, -0.25) is 0 Å². The number of carboxylic acids is 2. The van der Waals surface area contributed by atoms with Gasteiger partial charge in [-0.05, 0) is 37.0 Å². The molecule has 1 aromatic carbocycles. The number of hydrogen-bond acceptors (Lipinski definition) is 4. The topological polar surface area (TPSA) is 107 Å². The zero-order valence-corrected chi connectivity index (χ0v) is 18.2. The Labute approximate surface area is 168 Å². The molecule has 0 aliphatic rings. The number of carboxylic acid groups (broad SMARTS) is 2. The first kappa shape index (κ1) is 28.4. The van der Waals surface area contributed by atoms with Gasteiger partial charge >= 0.3 is 35.5 Å². The van der Waals surface area contributed by atoms with Gasteiger partial charge in [-0.15, -0.1) is 0 Å². The van der Waals surface area contributed by atoms with Crippen molar-refractivity contribution in [2.75, 3.05) is 18.5 Å². The summed E-state index contributed by atoms with van der Waals surface area (Å²) in [6.45, 7) is 6.95. The van der Waals surface area contributed by atoms with E-state index in [9.17, 15) is 14.7 Å². The summed E-state index contributed by atoms with van der Waals surface area (Å²) in [4.78, 5) is 20.6. The van der Waals surface area contributed by atoms with Gasteiger partial charge in [-0.25, -0.2) is 4.79 Å². The summed E-state index contributed by atoms with van der Waals surface area (Å²) < 4.78 is 0. The maximum absolute atomic E-state index is 10.4. The molecule has 0 unspecified atom stereocenters. The minimum absolute atomic E-state index is 0. The molecule has 0 bridgehead atoms. The van der Waals surface area contributed by atoms with Gasteiger partial charge in [0.05, 0.1) is 30.0 Å². The molecule has 0 saturated carbocycles. The van der Waals surface area contributed by atoms with Crippen LogP contribution < -0.4 is 34.7 Å². The van der Waals surface area contributed by atoms with E-state index in [0.717, 1.165) is 6.07 Å². The van der Waals surface area contributed by atoms with E-state index >= 15 is 0 Å². The maximum Gasteiger partial charge on any atom is 1.00 e. The summed E-state index contributed by atoms with van der Waals surface area (Å²) in [5, 5.41) is 18.7. The summed E-state index contributed by atoms with van der Waals surface area (Å²) in [5.41, 5.74) is -0.188. The van der Waals surface area contributed by atoms with Crippen molar-refractivity contribution in [3.63, 3.8) is 0 Å². The third-order valence-corrected chi connectivity index (χ3v) is 6.78. The van der Waals surface area contributed by atoms with Crippen LogP contribution in [0, 0.1) is 0 Å². The Balaban J connectivity index is -0.000000345. The second-order valence-electron chi connectivity index (χ2n) is 5.17. The molecule has 0 aliphatic carbocycles. The molecule has 24 heavy (non-hydrogen) atoms. The van der Waals surface area contributed by atoms with Crippen molar-refractivity contribution in [2.45, 2.75) is 40.0 Å². The maximum atomic E-state index is 10.4. The normalized spacial score (nSPS) is 9.17. The van der Waals surface area contributed by atoms with E-state index in [1.165, 1.54) is 37.5 Å². The van der Waals surface area contributed by atoms with Gasteiger partial charge in [0.15, 0.2) is 0 Å². The molecular formula is C17H28NaO5P. The van der Waals surface area contributed by atoms with Crippen molar-refractivity contribution in [2.24, 2.45) is 0 Å². The molecular weight excluding hydrogens is 338 g/mol. The molecule has 2 N–H and O–H groups in total. The fourth-order valence-electron chi connectivity index (χ4n) is 2.21. The van der Waals surface area contributed by atoms with Crippen molar-refractivity contribution in [1.82, 2.24) is 0 Å². The standard InChI is InChI=1S/C9H21P.C8H6O4.Na.H2O/c1-4-7-10(8-5-2)9-6-3;9-7(10)5-2-1-3-6(4-5)8(11)12;;/h4-9H2,1-3H3;1-4H,(H,9,10)(H,11,12);;1H2/q;;+1;/p-1. The van der Waals surface area contributed by atoms with Crippen LogP contribution in [0.15, 0.2) is 24.3 Å². The zero-order valence-electron chi connectivity index (χ0n) is 15.2. The zero-order chi connectivity index (χ0) is 17.0. The van der Waals surface area contributed by atoms with Gasteiger partial charge in [-0.1, -0.05) is 32.9 Å². The van der Waals surface area contributed by atoms with E-state index < -0.39 is 11.9 Å². The predicted octanol–water partition coefficient (Wildman–Crippen LogP) is 0.00610. The number of aromatic carboxylic acids is 2. The van der Waals surface area contributed by atoms with E-state index in [4.69, 9.17) is 5.11 Å². The Bertz CT molecular complexity index is 425. The average molecular weight is 366 g/mol. The molecule has 0 atom stereocenters. The van der Waals surface area contributed by atoms with Crippen molar-refractivity contribution in [3.8, 4) is 0 Å². The van der Waals surface area contributed by atoms with Crippen molar-refractivity contribution in [3.05, 3.63) is 35.4 Å². The fraction of sp³-hybridized carbons (Fsp3) is 0.529. The molecule has 1 rings (SSSR count). The SMILES string of the molecule is CCC[PH+](CCC)CCC.O=C([O-])c1cccc(C(=O)O)c1.[Na+].[OH-]. The Hall–Kier alpha value is -0.450. The smallest absolute Gasteiger partial charge is 0.870 e. The van der Waals surface area contributed by atoms with Crippen molar-refractivity contribution < 1.29 is 54.8 Å². The number of hydrogen-bond donors (Lipinski definition) is 1. The first-order chi connectivity index (χ1) is 10.5. The Morgan fingerprint density at radius 1 is 1.00 bits per heavy atom.